The number of imidazole rings is 1. The van der Waals surface area contributed by atoms with E-state index in [0.717, 1.165) is 22.3 Å². The van der Waals surface area contributed by atoms with E-state index >= 15 is 0 Å². The van der Waals surface area contributed by atoms with E-state index in [1.54, 1.807) is 41.1 Å². The Labute approximate surface area is 258 Å². The van der Waals surface area contributed by atoms with Gasteiger partial charge in [-0.05, 0) is 42.2 Å². The average Bonchev–Trinajstić information content (AvgIpc) is 3.70. The van der Waals surface area contributed by atoms with E-state index in [0.29, 0.717) is 28.8 Å². The number of rotatable bonds is 9. The molecule has 1 saturated heterocycles. The van der Waals surface area contributed by atoms with Crippen LogP contribution in [0.3, 0.4) is 0 Å². The van der Waals surface area contributed by atoms with Crippen LogP contribution < -0.4 is 4.74 Å². The molecule has 230 valence electrons. The lowest BCUT2D eigenvalue weighted by Gasteiger charge is -2.29. The molecular weight excluding hydrogens is 633 g/mol. The maximum Gasteiger partial charge on any atom is 0.291 e. The van der Waals surface area contributed by atoms with Gasteiger partial charge in [-0.1, -0.05) is 48.0 Å². The molecule has 0 radical (unpaired) electrons. The molecule has 2 unspecified atom stereocenters. The van der Waals surface area contributed by atoms with E-state index in [-0.39, 0.29) is 12.6 Å². The van der Waals surface area contributed by atoms with Crippen molar-refractivity contribution in [1.82, 2.24) is 24.3 Å². The van der Waals surface area contributed by atoms with Crippen LogP contribution in [-0.2, 0) is 21.8 Å². The van der Waals surface area contributed by atoms with E-state index in [1.807, 2.05) is 36.5 Å². The SMILES string of the molecule is CCSc1nccn1-c1ccc(OCC2COC(Cn3cncn3)(c3ccc(Cl)cc3Cl)O2)cc1.O=[N+]([O-])O.O=[N+]([O-])O. The number of thioether (sulfide) groups is 1. The lowest BCUT2D eigenvalue weighted by molar-refractivity contribution is -0.742. The lowest BCUT2D eigenvalue weighted by Crippen LogP contribution is -2.35. The summed E-state index contributed by atoms with van der Waals surface area (Å²) in [5, 5.41) is 33.4. The Morgan fingerprint density at radius 2 is 1.86 bits per heavy atom. The summed E-state index contributed by atoms with van der Waals surface area (Å²) in [4.78, 5) is 25.1. The molecule has 16 nitrogen and oxygen atoms in total. The predicted octanol–water partition coefficient (Wildman–Crippen LogP) is 4.53. The smallest absolute Gasteiger partial charge is 0.291 e. The molecule has 2 N–H and O–H groups in total. The highest BCUT2D eigenvalue weighted by Gasteiger charge is 2.45. The quantitative estimate of drug-likeness (QED) is 0.144. The van der Waals surface area contributed by atoms with Crippen LogP contribution in [0, 0.1) is 20.2 Å². The molecule has 0 bridgehead atoms. The van der Waals surface area contributed by atoms with Crippen LogP contribution in [0.25, 0.3) is 5.69 Å². The first-order valence-electron chi connectivity index (χ1n) is 12.2. The van der Waals surface area contributed by atoms with E-state index in [9.17, 15) is 0 Å². The summed E-state index contributed by atoms with van der Waals surface area (Å²) >= 11 is 14.3. The topological polar surface area (TPSA) is 203 Å². The Balaban J connectivity index is 0.000000566. The highest BCUT2D eigenvalue weighted by Crippen LogP contribution is 2.40. The molecule has 0 aliphatic carbocycles. The van der Waals surface area contributed by atoms with Gasteiger partial charge in [-0.15, -0.1) is 20.2 Å². The lowest BCUT2D eigenvalue weighted by atomic mass is 10.1. The third-order valence-corrected chi connectivity index (χ3v) is 6.87. The molecule has 0 spiro atoms. The Kier molecular flexibility index (Phi) is 12.3. The molecule has 2 atom stereocenters. The number of aromatic nitrogens is 5. The Morgan fingerprint density at radius 1 is 1.16 bits per heavy atom. The van der Waals surface area contributed by atoms with Crippen molar-refractivity contribution >= 4 is 35.0 Å². The number of hydrogen-bond donors (Lipinski definition) is 2. The van der Waals surface area contributed by atoms with E-state index < -0.39 is 16.0 Å². The molecular formula is C24H25Cl2N7O9S. The molecule has 2 aromatic carbocycles. The third-order valence-electron chi connectivity index (χ3n) is 5.47. The number of ether oxygens (including phenoxy) is 3. The second-order valence-corrected chi connectivity index (χ2v) is 10.4. The van der Waals surface area contributed by atoms with Crippen molar-refractivity contribution in [3.05, 3.63) is 103 Å². The van der Waals surface area contributed by atoms with Gasteiger partial charge in [0.05, 0.1) is 11.6 Å². The van der Waals surface area contributed by atoms with Crippen molar-refractivity contribution in [3.8, 4) is 11.4 Å². The third kappa shape index (κ3) is 9.97. The molecule has 2 aromatic heterocycles. The van der Waals surface area contributed by atoms with Gasteiger partial charge >= 0.3 is 0 Å². The molecule has 0 saturated carbocycles. The first-order valence-corrected chi connectivity index (χ1v) is 13.9. The average molecular weight is 658 g/mol. The van der Waals surface area contributed by atoms with Gasteiger partial charge in [-0.25, -0.2) is 14.6 Å². The zero-order chi connectivity index (χ0) is 31.4. The van der Waals surface area contributed by atoms with Crippen LogP contribution in [0.1, 0.15) is 12.5 Å². The molecule has 1 aliphatic rings. The van der Waals surface area contributed by atoms with E-state index in [4.69, 9.17) is 68.1 Å². The van der Waals surface area contributed by atoms with Gasteiger partial charge in [0.25, 0.3) is 10.2 Å². The van der Waals surface area contributed by atoms with Gasteiger partial charge in [0.15, 0.2) is 5.16 Å². The molecule has 43 heavy (non-hydrogen) atoms. The van der Waals surface area contributed by atoms with Gasteiger partial charge in [0.2, 0.25) is 5.79 Å². The van der Waals surface area contributed by atoms with Gasteiger partial charge in [0, 0.05) is 28.7 Å². The van der Waals surface area contributed by atoms with Crippen LogP contribution in [-0.4, -0.2) is 70.0 Å². The molecule has 3 heterocycles. The van der Waals surface area contributed by atoms with Crippen LogP contribution in [0.4, 0.5) is 0 Å². The fourth-order valence-electron chi connectivity index (χ4n) is 3.90. The minimum absolute atomic E-state index is 0.280. The zero-order valence-electron chi connectivity index (χ0n) is 22.3. The van der Waals surface area contributed by atoms with Gasteiger partial charge < -0.3 is 24.6 Å². The number of hydrogen-bond acceptors (Lipinski definition) is 11. The molecule has 1 fully saturated rings. The summed E-state index contributed by atoms with van der Waals surface area (Å²) in [5.41, 5.74) is 1.70. The summed E-state index contributed by atoms with van der Waals surface area (Å²) in [6.07, 6.45) is 6.51. The number of halogens is 2. The molecule has 19 heteroatoms. The van der Waals surface area contributed by atoms with Crippen molar-refractivity contribution in [2.75, 3.05) is 19.0 Å². The first-order chi connectivity index (χ1) is 20.5. The van der Waals surface area contributed by atoms with Crippen molar-refractivity contribution < 1.29 is 34.8 Å². The van der Waals surface area contributed by atoms with Gasteiger partial charge in [0.1, 0.15) is 37.7 Å². The van der Waals surface area contributed by atoms with Crippen molar-refractivity contribution in [3.63, 3.8) is 0 Å². The Morgan fingerprint density at radius 3 is 2.47 bits per heavy atom. The summed E-state index contributed by atoms with van der Waals surface area (Å²) in [6.45, 7) is 3.03. The molecule has 5 rings (SSSR count). The van der Waals surface area contributed by atoms with Crippen LogP contribution in [0.5, 0.6) is 5.75 Å². The standard InChI is InChI=1S/C24H23Cl2N5O3S.2HNO3/c1-2-35-23-28-9-10-31(23)18-4-6-19(7-5-18)32-12-20-13-33-24(34-20,14-30-16-27-15-29-30)21-8-3-17(25)11-22(21)26;2*2-1(3)4/h3-11,15-16,20H,2,12-14H2,1H3;2*(H,2,3,4). The Bertz CT molecular complexity index is 1460. The van der Waals surface area contributed by atoms with Crippen molar-refractivity contribution in [2.45, 2.75) is 30.5 Å². The highest BCUT2D eigenvalue weighted by molar-refractivity contribution is 7.99. The second-order valence-electron chi connectivity index (χ2n) is 8.31. The van der Waals surface area contributed by atoms with Gasteiger partial charge in [-0.2, -0.15) is 5.10 Å². The first kappa shape index (κ1) is 33.3. The maximum absolute atomic E-state index is 8.36. The largest absolute Gasteiger partial charge is 0.491 e. The van der Waals surface area contributed by atoms with Crippen LogP contribution in [0.2, 0.25) is 10.0 Å². The molecule has 1 aliphatic heterocycles. The maximum atomic E-state index is 8.36. The molecule has 4 aromatic rings. The van der Waals surface area contributed by atoms with E-state index in [2.05, 4.69) is 26.6 Å². The summed E-state index contributed by atoms with van der Waals surface area (Å²) in [5.74, 6) is 0.559. The fourth-order valence-corrected chi connectivity index (χ4v) is 5.15. The number of benzene rings is 2. The fraction of sp³-hybridized carbons (Fsp3) is 0.292. The zero-order valence-corrected chi connectivity index (χ0v) is 24.6. The number of nitrogens with zero attached hydrogens (tertiary/aromatic N) is 7. The normalized spacial score (nSPS) is 17.2. The summed E-state index contributed by atoms with van der Waals surface area (Å²) < 4.78 is 22.3. The van der Waals surface area contributed by atoms with Crippen LogP contribution >= 0.6 is 35.0 Å². The molecule has 0 amide bonds. The van der Waals surface area contributed by atoms with Crippen LogP contribution in [0.15, 0.2) is 72.7 Å². The minimum Gasteiger partial charge on any atom is -0.491 e. The monoisotopic (exact) mass is 657 g/mol. The highest BCUT2D eigenvalue weighted by atomic mass is 35.5. The van der Waals surface area contributed by atoms with Gasteiger partial charge in [-0.3, -0.25) is 4.57 Å². The Hall–Kier alpha value is -4.16. The van der Waals surface area contributed by atoms with E-state index in [1.165, 1.54) is 6.33 Å². The predicted molar refractivity (Wildman–Crippen MR) is 152 cm³/mol. The van der Waals surface area contributed by atoms with Crippen molar-refractivity contribution in [1.29, 1.82) is 0 Å². The summed E-state index contributed by atoms with van der Waals surface area (Å²) in [7, 11) is 0. The van der Waals surface area contributed by atoms with Crippen molar-refractivity contribution in [2.24, 2.45) is 0 Å². The minimum atomic E-state index is -1.50. The second kappa shape index (κ2) is 15.9. The summed E-state index contributed by atoms with van der Waals surface area (Å²) in [6, 6.07) is 13.1.